The number of aliphatic carboxylic acids is 1. The van der Waals surface area contributed by atoms with E-state index in [2.05, 4.69) is 19.7 Å². The van der Waals surface area contributed by atoms with Gasteiger partial charge in [0.15, 0.2) is 0 Å². The van der Waals surface area contributed by atoms with Crippen LogP contribution < -0.4 is 9.46 Å². The average Bonchev–Trinajstić information content (AvgIpc) is 2.73. The predicted molar refractivity (Wildman–Crippen MR) is 110 cm³/mol. The second-order valence-electron chi connectivity index (χ2n) is 6.12. The fourth-order valence-corrected chi connectivity index (χ4v) is 3.78. The molecule has 2 N–H and O–H groups in total. The summed E-state index contributed by atoms with van der Waals surface area (Å²) in [5.74, 6) is -1.04. The number of carboxylic acids is 1. The second-order valence-corrected chi connectivity index (χ2v) is 7.77. The molecule has 0 spiro atoms. The Hall–Kier alpha value is -3.79. The van der Waals surface area contributed by atoms with Crippen molar-refractivity contribution >= 4 is 27.9 Å². The Bertz CT molecular complexity index is 1210. The first-order valence-electron chi connectivity index (χ1n) is 8.67. The number of benzene rings is 1. The Morgan fingerprint density at radius 2 is 1.90 bits per heavy atom. The van der Waals surface area contributed by atoms with Crippen LogP contribution in [-0.2, 0) is 14.8 Å². The van der Waals surface area contributed by atoms with Crippen molar-refractivity contribution < 1.29 is 23.1 Å². The number of aromatic nitrogens is 3. The van der Waals surface area contributed by atoms with Gasteiger partial charge in [-0.1, -0.05) is 24.3 Å². The molecule has 3 aromatic rings. The van der Waals surface area contributed by atoms with Gasteiger partial charge in [-0.2, -0.15) is 0 Å². The molecule has 154 valence electrons. The topological polar surface area (TPSA) is 131 Å². The van der Waals surface area contributed by atoms with Crippen molar-refractivity contribution in [1.82, 2.24) is 15.0 Å². The fraction of sp³-hybridized carbons (Fsp3) is 0.100. The van der Waals surface area contributed by atoms with Gasteiger partial charge >= 0.3 is 5.97 Å². The third-order valence-electron chi connectivity index (χ3n) is 3.95. The molecule has 0 radical (unpaired) electrons. The second kappa shape index (κ2) is 8.70. The van der Waals surface area contributed by atoms with E-state index in [9.17, 15) is 13.2 Å². The van der Waals surface area contributed by atoms with Crippen LogP contribution >= 0.6 is 0 Å². The van der Waals surface area contributed by atoms with E-state index in [1.807, 2.05) is 0 Å². The lowest BCUT2D eigenvalue weighted by Gasteiger charge is -2.13. The van der Waals surface area contributed by atoms with Gasteiger partial charge in [0.05, 0.1) is 24.7 Å². The van der Waals surface area contributed by atoms with E-state index >= 15 is 0 Å². The lowest BCUT2D eigenvalue weighted by molar-refractivity contribution is -0.131. The van der Waals surface area contributed by atoms with Crippen molar-refractivity contribution in [2.24, 2.45) is 0 Å². The van der Waals surface area contributed by atoms with Crippen LogP contribution in [0.1, 0.15) is 11.3 Å². The first kappa shape index (κ1) is 20.9. The summed E-state index contributed by atoms with van der Waals surface area (Å²) in [6.45, 7) is 1.71. The maximum Gasteiger partial charge on any atom is 0.328 e. The number of nitrogens with zero attached hydrogens (tertiary/aromatic N) is 3. The quantitative estimate of drug-likeness (QED) is 0.551. The van der Waals surface area contributed by atoms with Crippen molar-refractivity contribution in [3.05, 3.63) is 66.1 Å². The monoisotopic (exact) mass is 426 g/mol. The molecule has 30 heavy (non-hydrogen) atoms. The van der Waals surface area contributed by atoms with Crippen molar-refractivity contribution in [2.45, 2.75) is 11.8 Å². The standard InChI is InChI=1S/C20H18N4O5S/c1-13-12-22-19(20(23-13)29-2)24-30(27,28)16-4-3-11-21-18(16)15-8-5-14(6-9-15)7-10-17(25)26/h3-12H,1-2H3,(H,22,24)(H,25,26)/b10-7+. The highest BCUT2D eigenvalue weighted by atomic mass is 32.2. The molecule has 9 nitrogen and oxygen atoms in total. The molecule has 0 aliphatic carbocycles. The highest BCUT2D eigenvalue weighted by molar-refractivity contribution is 7.92. The zero-order valence-electron chi connectivity index (χ0n) is 16.1. The molecule has 10 heteroatoms. The number of hydrogen-bond donors (Lipinski definition) is 2. The van der Waals surface area contributed by atoms with Crippen LogP contribution in [0.25, 0.3) is 17.3 Å². The summed E-state index contributed by atoms with van der Waals surface area (Å²) in [6, 6.07) is 9.60. The summed E-state index contributed by atoms with van der Waals surface area (Å²) in [5, 5.41) is 8.72. The van der Waals surface area contributed by atoms with Crippen LogP contribution in [0, 0.1) is 6.92 Å². The number of sulfonamides is 1. The third-order valence-corrected chi connectivity index (χ3v) is 5.32. The summed E-state index contributed by atoms with van der Waals surface area (Å²) in [5.41, 5.74) is 2.01. The van der Waals surface area contributed by atoms with Crippen LogP contribution in [0.5, 0.6) is 5.88 Å². The first-order chi connectivity index (χ1) is 14.3. The van der Waals surface area contributed by atoms with E-state index in [0.717, 1.165) is 6.08 Å². The number of anilines is 1. The number of aryl methyl sites for hydroxylation is 1. The minimum atomic E-state index is -4.06. The van der Waals surface area contributed by atoms with E-state index in [1.54, 1.807) is 31.2 Å². The molecule has 1 aromatic carbocycles. The van der Waals surface area contributed by atoms with E-state index in [4.69, 9.17) is 9.84 Å². The number of pyridine rings is 1. The highest BCUT2D eigenvalue weighted by Crippen LogP contribution is 2.28. The van der Waals surface area contributed by atoms with Crippen LogP contribution in [-0.4, -0.2) is 41.6 Å². The molecule has 0 aliphatic heterocycles. The molecule has 2 heterocycles. The summed E-state index contributed by atoms with van der Waals surface area (Å²) < 4.78 is 33.6. The minimum Gasteiger partial charge on any atom is -0.478 e. The molecule has 0 saturated heterocycles. The Kier molecular flexibility index (Phi) is 6.07. The molecule has 0 amide bonds. The number of carboxylic acid groups (broad SMARTS) is 1. The van der Waals surface area contributed by atoms with E-state index in [-0.39, 0.29) is 22.3 Å². The average molecular weight is 426 g/mol. The fourth-order valence-electron chi connectivity index (χ4n) is 2.59. The van der Waals surface area contributed by atoms with Gasteiger partial charge in [0, 0.05) is 17.8 Å². The van der Waals surface area contributed by atoms with Gasteiger partial charge in [0.25, 0.3) is 15.9 Å². The van der Waals surface area contributed by atoms with E-state index in [1.165, 1.54) is 37.7 Å². The summed E-state index contributed by atoms with van der Waals surface area (Å²) in [6.07, 6.45) is 5.37. The molecule has 0 atom stereocenters. The van der Waals surface area contributed by atoms with E-state index in [0.29, 0.717) is 16.8 Å². The van der Waals surface area contributed by atoms with Crippen LogP contribution in [0.4, 0.5) is 5.82 Å². The molecular formula is C20H18N4O5S. The van der Waals surface area contributed by atoms with Crippen molar-refractivity contribution in [3.8, 4) is 17.1 Å². The molecule has 0 bridgehead atoms. The molecule has 0 saturated carbocycles. The number of methoxy groups -OCH3 is 1. The molecule has 3 rings (SSSR count). The summed E-state index contributed by atoms with van der Waals surface area (Å²) in [7, 11) is -2.68. The van der Waals surface area contributed by atoms with Crippen molar-refractivity contribution in [2.75, 3.05) is 11.8 Å². The largest absolute Gasteiger partial charge is 0.478 e. The van der Waals surface area contributed by atoms with Gasteiger partial charge < -0.3 is 9.84 Å². The molecular weight excluding hydrogens is 408 g/mol. The van der Waals surface area contributed by atoms with Crippen molar-refractivity contribution in [1.29, 1.82) is 0 Å². The predicted octanol–water partition coefficient (Wildman–Crippen LogP) is 2.75. The third kappa shape index (κ3) is 4.78. The van der Waals surface area contributed by atoms with Gasteiger partial charge in [0.2, 0.25) is 5.82 Å². The lowest BCUT2D eigenvalue weighted by Crippen LogP contribution is -2.16. The van der Waals surface area contributed by atoms with Gasteiger partial charge in [-0.15, -0.1) is 0 Å². The summed E-state index contributed by atoms with van der Waals surface area (Å²) in [4.78, 5) is 23.0. The number of rotatable bonds is 7. The van der Waals surface area contributed by atoms with Gasteiger partial charge in [0.1, 0.15) is 4.90 Å². The lowest BCUT2D eigenvalue weighted by atomic mass is 10.1. The van der Waals surface area contributed by atoms with Gasteiger partial charge in [-0.25, -0.2) is 23.2 Å². The maximum absolute atomic E-state index is 13.0. The number of carbonyl (C=O) groups is 1. The highest BCUT2D eigenvalue weighted by Gasteiger charge is 2.23. The maximum atomic E-state index is 13.0. The Morgan fingerprint density at radius 1 is 1.17 bits per heavy atom. The Labute approximate surface area is 173 Å². The normalized spacial score (nSPS) is 11.4. The summed E-state index contributed by atoms with van der Waals surface area (Å²) >= 11 is 0. The van der Waals surface area contributed by atoms with Crippen LogP contribution in [0.15, 0.2) is 59.8 Å². The number of nitrogens with one attached hydrogen (secondary N) is 1. The van der Waals surface area contributed by atoms with Crippen LogP contribution in [0.3, 0.4) is 0 Å². The molecule has 2 aromatic heterocycles. The number of ether oxygens (including phenoxy) is 1. The van der Waals surface area contributed by atoms with Crippen molar-refractivity contribution in [3.63, 3.8) is 0 Å². The molecule has 0 aliphatic rings. The molecule has 0 unspecified atom stereocenters. The Balaban J connectivity index is 1.97. The Morgan fingerprint density at radius 3 is 2.57 bits per heavy atom. The minimum absolute atomic E-state index is 0.0351. The number of hydrogen-bond acceptors (Lipinski definition) is 7. The zero-order chi connectivity index (χ0) is 21.7. The zero-order valence-corrected chi connectivity index (χ0v) is 16.9. The van der Waals surface area contributed by atoms with Gasteiger partial charge in [-0.05, 0) is 30.7 Å². The molecule has 0 fully saturated rings. The smallest absolute Gasteiger partial charge is 0.328 e. The SMILES string of the molecule is COc1nc(C)cnc1NS(=O)(=O)c1cccnc1-c1ccc(/C=C/C(=O)O)cc1. The first-order valence-corrected chi connectivity index (χ1v) is 10.2. The van der Waals surface area contributed by atoms with E-state index < -0.39 is 16.0 Å². The van der Waals surface area contributed by atoms with Crippen LogP contribution in [0.2, 0.25) is 0 Å². The van der Waals surface area contributed by atoms with Gasteiger partial charge in [-0.3, -0.25) is 9.71 Å².